The van der Waals surface area contributed by atoms with Gasteiger partial charge in [0.25, 0.3) is 0 Å². The summed E-state index contributed by atoms with van der Waals surface area (Å²) in [6.45, 7) is 3.72. The second-order valence-electron chi connectivity index (χ2n) is 7.64. The van der Waals surface area contributed by atoms with Crippen molar-refractivity contribution in [3.63, 3.8) is 0 Å². The molecule has 2 aliphatic carbocycles. The number of allylic oxidation sites excluding steroid dienone is 1. The molecule has 2 saturated carbocycles. The lowest BCUT2D eigenvalue weighted by Gasteiger charge is -2.34. The quantitative estimate of drug-likeness (QED) is 0.760. The monoisotopic (exact) mass is 355 g/mol. The highest BCUT2D eigenvalue weighted by molar-refractivity contribution is 6.11. The van der Waals surface area contributed by atoms with E-state index in [1.54, 1.807) is 0 Å². The summed E-state index contributed by atoms with van der Waals surface area (Å²) in [5.41, 5.74) is 2.04. The lowest BCUT2D eigenvalue weighted by Crippen LogP contribution is -2.39. The highest BCUT2D eigenvalue weighted by atomic mass is 16.5. The van der Waals surface area contributed by atoms with Gasteiger partial charge in [-0.25, -0.2) is 4.79 Å². The molecule has 5 heteroatoms. The van der Waals surface area contributed by atoms with Gasteiger partial charge in [0.1, 0.15) is 23.4 Å². The van der Waals surface area contributed by atoms with E-state index in [1.165, 1.54) is 0 Å². The Kier molecular flexibility index (Phi) is 4.55. The Morgan fingerprint density at radius 2 is 1.88 bits per heavy atom. The van der Waals surface area contributed by atoms with Crippen molar-refractivity contribution in [2.75, 3.05) is 0 Å². The van der Waals surface area contributed by atoms with Gasteiger partial charge in [0.2, 0.25) is 0 Å². The fraction of sp³-hybridized carbons (Fsp3) is 0.571. The number of fused-ring (bicyclic) bond motifs is 1. The van der Waals surface area contributed by atoms with Gasteiger partial charge in [-0.1, -0.05) is 0 Å². The van der Waals surface area contributed by atoms with Crippen LogP contribution in [0, 0.1) is 12.8 Å². The standard InChI is InChI=1S/C21H25NO4/c1-12-10-11-17(25-12)20-18(21(24)26-14-6-3-4-7-14)13(2)22-15-8-5-9-16(23)19(15)20/h10-11,14,19-20H,3-9H2,1-2H3/t19?,20-/m1/s1. The molecule has 0 saturated heterocycles. The molecule has 0 aromatic carbocycles. The van der Waals surface area contributed by atoms with Gasteiger partial charge in [-0.15, -0.1) is 0 Å². The van der Waals surface area contributed by atoms with E-state index >= 15 is 0 Å². The molecule has 1 aliphatic heterocycles. The van der Waals surface area contributed by atoms with E-state index in [1.807, 2.05) is 26.0 Å². The third-order valence-electron chi connectivity index (χ3n) is 5.77. The van der Waals surface area contributed by atoms with Crippen molar-refractivity contribution in [3.05, 3.63) is 34.9 Å². The summed E-state index contributed by atoms with van der Waals surface area (Å²) in [6, 6.07) is 3.75. The molecule has 0 amide bonds. The number of furan rings is 1. The third-order valence-corrected chi connectivity index (χ3v) is 5.77. The van der Waals surface area contributed by atoms with Gasteiger partial charge in [0, 0.05) is 17.8 Å². The summed E-state index contributed by atoms with van der Waals surface area (Å²) in [4.78, 5) is 30.4. The minimum absolute atomic E-state index is 0.0192. The average molecular weight is 355 g/mol. The molecule has 0 bridgehead atoms. The maximum Gasteiger partial charge on any atom is 0.336 e. The number of ketones is 1. The molecule has 1 aromatic heterocycles. The number of rotatable bonds is 3. The molecule has 4 rings (SSSR count). The molecule has 2 heterocycles. The van der Waals surface area contributed by atoms with Crippen LogP contribution in [0.4, 0.5) is 0 Å². The first-order valence-electron chi connectivity index (χ1n) is 9.63. The Labute approximate surface area is 153 Å². The molecule has 5 nitrogen and oxygen atoms in total. The van der Waals surface area contributed by atoms with Gasteiger partial charge in [0.05, 0.1) is 17.4 Å². The topological polar surface area (TPSA) is 68.9 Å². The van der Waals surface area contributed by atoms with E-state index < -0.39 is 11.8 Å². The van der Waals surface area contributed by atoms with Gasteiger partial charge >= 0.3 is 5.97 Å². The fourth-order valence-corrected chi connectivity index (χ4v) is 4.53. The zero-order valence-electron chi connectivity index (χ0n) is 15.4. The summed E-state index contributed by atoms with van der Waals surface area (Å²) in [7, 11) is 0. The van der Waals surface area contributed by atoms with Crippen LogP contribution in [0.2, 0.25) is 0 Å². The van der Waals surface area contributed by atoms with Gasteiger partial charge in [-0.05, 0) is 64.5 Å². The lowest BCUT2D eigenvalue weighted by molar-refractivity contribution is -0.144. The molecule has 138 valence electrons. The van der Waals surface area contributed by atoms with Crippen molar-refractivity contribution in [2.45, 2.75) is 70.8 Å². The molecule has 2 fully saturated rings. The second kappa shape index (κ2) is 6.86. The van der Waals surface area contributed by atoms with Crippen molar-refractivity contribution in [1.29, 1.82) is 0 Å². The molecule has 0 spiro atoms. The Hall–Kier alpha value is -2.17. The Morgan fingerprint density at radius 3 is 2.58 bits per heavy atom. The van der Waals surface area contributed by atoms with E-state index in [9.17, 15) is 9.59 Å². The number of esters is 1. The van der Waals surface area contributed by atoms with E-state index in [-0.39, 0.29) is 17.9 Å². The molecule has 1 unspecified atom stereocenters. The number of nitrogens with zero attached hydrogens (tertiary/aromatic N) is 1. The second-order valence-corrected chi connectivity index (χ2v) is 7.64. The Balaban J connectivity index is 1.75. The first-order valence-corrected chi connectivity index (χ1v) is 9.63. The predicted octanol–water partition coefficient (Wildman–Crippen LogP) is 4.26. The summed E-state index contributed by atoms with van der Waals surface area (Å²) in [5, 5.41) is 0. The number of carbonyl (C=O) groups is 2. The zero-order chi connectivity index (χ0) is 18.3. The SMILES string of the molecule is CC1=C(C(=O)OC2CCCC2)[C@@H](c2ccc(C)o2)C2C(=O)CCCC2=N1. The van der Waals surface area contributed by atoms with Crippen molar-refractivity contribution in [3.8, 4) is 0 Å². The van der Waals surface area contributed by atoms with E-state index in [0.29, 0.717) is 23.5 Å². The van der Waals surface area contributed by atoms with Crippen molar-refractivity contribution >= 4 is 17.5 Å². The van der Waals surface area contributed by atoms with Gasteiger partial charge in [0.15, 0.2) is 0 Å². The van der Waals surface area contributed by atoms with E-state index in [0.717, 1.165) is 50.0 Å². The van der Waals surface area contributed by atoms with E-state index in [2.05, 4.69) is 4.99 Å². The zero-order valence-corrected chi connectivity index (χ0v) is 15.4. The maximum absolute atomic E-state index is 13.0. The van der Waals surface area contributed by atoms with Gasteiger partial charge in [-0.2, -0.15) is 0 Å². The molecule has 1 aromatic rings. The summed E-state index contributed by atoms with van der Waals surface area (Å²) in [5.74, 6) is 0.422. The summed E-state index contributed by atoms with van der Waals surface area (Å²) < 4.78 is 11.6. The summed E-state index contributed by atoms with van der Waals surface area (Å²) in [6.07, 6.45) is 6.17. The normalized spacial score (nSPS) is 26.7. The van der Waals surface area contributed by atoms with Crippen LogP contribution in [-0.4, -0.2) is 23.6 Å². The number of aryl methyl sites for hydroxylation is 1. The fourth-order valence-electron chi connectivity index (χ4n) is 4.53. The highest BCUT2D eigenvalue weighted by Gasteiger charge is 2.45. The number of Topliss-reactive ketones (excluding diaryl/α,β-unsaturated/α-hetero) is 1. The molecule has 26 heavy (non-hydrogen) atoms. The van der Waals surface area contributed by atoms with Crippen molar-refractivity contribution < 1.29 is 18.7 Å². The smallest absolute Gasteiger partial charge is 0.336 e. The Bertz CT molecular complexity index is 795. The molecule has 0 radical (unpaired) electrons. The van der Waals surface area contributed by atoms with Crippen LogP contribution in [0.5, 0.6) is 0 Å². The Morgan fingerprint density at radius 1 is 1.12 bits per heavy atom. The van der Waals surface area contributed by atoms with Crippen LogP contribution < -0.4 is 0 Å². The molecule has 2 atom stereocenters. The van der Waals surface area contributed by atoms with Crippen molar-refractivity contribution in [2.24, 2.45) is 10.9 Å². The molecular formula is C21H25NO4. The van der Waals surface area contributed by atoms with Crippen LogP contribution in [-0.2, 0) is 14.3 Å². The highest BCUT2D eigenvalue weighted by Crippen LogP contribution is 2.43. The van der Waals surface area contributed by atoms with Crippen LogP contribution in [0.15, 0.2) is 32.8 Å². The number of aliphatic imine (C=N–C) groups is 1. The first-order chi connectivity index (χ1) is 12.5. The minimum Gasteiger partial charge on any atom is -0.466 e. The van der Waals surface area contributed by atoms with Gasteiger partial charge in [-0.3, -0.25) is 9.79 Å². The van der Waals surface area contributed by atoms with Crippen LogP contribution in [0.3, 0.4) is 0 Å². The largest absolute Gasteiger partial charge is 0.466 e. The lowest BCUT2D eigenvalue weighted by atomic mass is 9.71. The minimum atomic E-state index is -0.419. The number of ether oxygens (including phenoxy) is 1. The third kappa shape index (κ3) is 3.04. The molecular weight excluding hydrogens is 330 g/mol. The summed E-state index contributed by atoms with van der Waals surface area (Å²) >= 11 is 0. The number of carbonyl (C=O) groups excluding carboxylic acids is 2. The molecule has 3 aliphatic rings. The first kappa shape index (κ1) is 17.3. The number of hydrogen-bond donors (Lipinski definition) is 0. The number of hydrogen-bond acceptors (Lipinski definition) is 5. The maximum atomic E-state index is 13.0. The van der Waals surface area contributed by atoms with E-state index in [4.69, 9.17) is 9.15 Å². The van der Waals surface area contributed by atoms with Gasteiger partial charge < -0.3 is 9.15 Å². The van der Waals surface area contributed by atoms with Crippen molar-refractivity contribution in [1.82, 2.24) is 0 Å². The van der Waals surface area contributed by atoms with Crippen LogP contribution >= 0.6 is 0 Å². The van der Waals surface area contributed by atoms with Crippen LogP contribution in [0.1, 0.15) is 69.3 Å². The molecule has 0 N–H and O–H groups in total. The average Bonchev–Trinajstić information content (AvgIpc) is 3.25. The predicted molar refractivity (Wildman–Crippen MR) is 97.0 cm³/mol. The van der Waals surface area contributed by atoms with Crippen LogP contribution in [0.25, 0.3) is 0 Å².